The molecule has 0 bridgehead atoms. The summed E-state index contributed by atoms with van der Waals surface area (Å²) in [4.78, 5) is 17.7. The van der Waals surface area contributed by atoms with Crippen LogP contribution in [0.5, 0.6) is 0 Å². The monoisotopic (exact) mass is 334 g/mol. The van der Waals surface area contributed by atoms with Gasteiger partial charge < -0.3 is 4.90 Å². The molecule has 25 heavy (non-hydrogen) atoms. The molecule has 0 aliphatic carbocycles. The highest BCUT2D eigenvalue weighted by Crippen LogP contribution is 2.27. The summed E-state index contributed by atoms with van der Waals surface area (Å²) in [5.41, 5.74) is 2.13. The SMILES string of the molecule is CC=CCN1CCN(C(=O)C(c2ccccc2)c2ccccc2)CC1. The first kappa shape index (κ1) is 17.4. The van der Waals surface area contributed by atoms with Crippen LogP contribution in [0.15, 0.2) is 72.8 Å². The van der Waals surface area contributed by atoms with E-state index in [9.17, 15) is 4.79 Å². The second-order valence-electron chi connectivity index (χ2n) is 6.45. The van der Waals surface area contributed by atoms with Crippen LogP contribution in [0.1, 0.15) is 24.0 Å². The van der Waals surface area contributed by atoms with Crippen molar-refractivity contribution >= 4 is 5.91 Å². The van der Waals surface area contributed by atoms with Crippen molar-refractivity contribution in [2.45, 2.75) is 12.8 Å². The molecule has 0 atom stereocenters. The highest BCUT2D eigenvalue weighted by molar-refractivity contribution is 5.87. The Morgan fingerprint density at radius 3 is 1.92 bits per heavy atom. The maximum atomic E-state index is 13.3. The van der Waals surface area contributed by atoms with Gasteiger partial charge in [-0.2, -0.15) is 0 Å². The lowest BCUT2D eigenvalue weighted by Crippen LogP contribution is -2.50. The second kappa shape index (κ2) is 8.63. The van der Waals surface area contributed by atoms with E-state index in [0.29, 0.717) is 0 Å². The van der Waals surface area contributed by atoms with Crippen LogP contribution in [0.25, 0.3) is 0 Å². The highest BCUT2D eigenvalue weighted by Gasteiger charge is 2.29. The predicted molar refractivity (Wildman–Crippen MR) is 103 cm³/mol. The van der Waals surface area contributed by atoms with Crippen molar-refractivity contribution in [2.24, 2.45) is 0 Å². The molecule has 0 N–H and O–H groups in total. The minimum atomic E-state index is -0.218. The lowest BCUT2D eigenvalue weighted by atomic mass is 9.90. The normalized spacial score (nSPS) is 15.8. The molecule has 0 radical (unpaired) electrons. The van der Waals surface area contributed by atoms with E-state index in [-0.39, 0.29) is 11.8 Å². The van der Waals surface area contributed by atoms with Gasteiger partial charge in [-0.15, -0.1) is 0 Å². The molecule has 0 spiro atoms. The third-order valence-corrected chi connectivity index (χ3v) is 4.80. The first-order valence-electron chi connectivity index (χ1n) is 9.02. The smallest absolute Gasteiger partial charge is 0.234 e. The van der Waals surface area contributed by atoms with Crippen LogP contribution in [0, 0.1) is 0 Å². The van der Waals surface area contributed by atoms with Gasteiger partial charge in [0.2, 0.25) is 5.91 Å². The number of rotatable bonds is 5. The average molecular weight is 334 g/mol. The number of piperazine rings is 1. The molecule has 0 unspecified atom stereocenters. The summed E-state index contributed by atoms with van der Waals surface area (Å²) in [6.45, 7) is 6.49. The molecular formula is C22H26N2O. The Bertz CT molecular complexity index is 649. The van der Waals surface area contributed by atoms with E-state index in [4.69, 9.17) is 0 Å². The van der Waals surface area contributed by atoms with Crippen LogP contribution in [0.4, 0.5) is 0 Å². The first-order chi connectivity index (χ1) is 12.3. The van der Waals surface area contributed by atoms with Gasteiger partial charge in [-0.05, 0) is 18.1 Å². The summed E-state index contributed by atoms with van der Waals surface area (Å²) in [6, 6.07) is 20.2. The average Bonchev–Trinajstić information content (AvgIpc) is 2.68. The summed E-state index contributed by atoms with van der Waals surface area (Å²) in [7, 11) is 0. The van der Waals surface area contributed by atoms with Crippen LogP contribution in [0.2, 0.25) is 0 Å². The lowest BCUT2D eigenvalue weighted by molar-refractivity contribution is -0.133. The van der Waals surface area contributed by atoms with E-state index in [2.05, 4.69) is 41.3 Å². The Morgan fingerprint density at radius 1 is 0.920 bits per heavy atom. The first-order valence-corrected chi connectivity index (χ1v) is 9.02. The van der Waals surface area contributed by atoms with E-state index in [1.54, 1.807) is 0 Å². The number of carbonyl (C=O) groups is 1. The van der Waals surface area contributed by atoms with Crippen molar-refractivity contribution < 1.29 is 4.79 Å². The molecule has 1 aliphatic heterocycles. The summed E-state index contributed by atoms with van der Waals surface area (Å²) in [5, 5.41) is 0. The molecule has 1 amide bonds. The molecule has 2 aromatic rings. The van der Waals surface area contributed by atoms with Crippen LogP contribution in [-0.2, 0) is 4.79 Å². The van der Waals surface area contributed by atoms with Gasteiger partial charge in [0.25, 0.3) is 0 Å². The lowest BCUT2D eigenvalue weighted by Gasteiger charge is -2.36. The zero-order valence-corrected chi connectivity index (χ0v) is 14.8. The minimum absolute atomic E-state index is 0.211. The van der Waals surface area contributed by atoms with Crippen LogP contribution >= 0.6 is 0 Å². The Kier molecular flexibility index (Phi) is 6.02. The number of carbonyl (C=O) groups excluding carboxylic acids is 1. The maximum Gasteiger partial charge on any atom is 0.234 e. The molecule has 0 saturated carbocycles. The van der Waals surface area contributed by atoms with Crippen molar-refractivity contribution in [1.29, 1.82) is 0 Å². The summed E-state index contributed by atoms with van der Waals surface area (Å²) in [6.07, 6.45) is 4.26. The molecule has 3 heteroatoms. The van der Waals surface area contributed by atoms with Gasteiger partial charge in [0.05, 0.1) is 5.92 Å². The van der Waals surface area contributed by atoms with Crippen LogP contribution in [-0.4, -0.2) is 48.4 Å². The van der Waals surface area contributed by atoms with Gasteiger partial charge in [0.1, 0.15) is 0 Å². The molecule has 130 valence electrons. The largest absolute Gasteiger partial charge is 0.339 e. The van der Waals surface area contributed by atoms with E-state index < -0.39 is 0 Å². The Morgan fingerprint density at radius 2 is 1.44 bits per heavy atom. The molecule has 1 heterocycles. The van der Waals surface area contributed by atoms with E-state index in [1.807, 2.05) is 48.2 Å². The molecule has 1 fully saturated rings. The third kappa shape index (κ3) is 4.37. The third-order valence-electron chi connectivity index (χ3n) is 4.80. The van der Waals surface area contributed by atoms with Crippen molar-refractivity contribution in [3.05, 3.63) is 83.9 Å². The second-order valence-corrected chi connectivity index (χ2v) is 6.45. The van der Waals surface area contributed by atoms with Gasteiger partial charge in [-0.1, -0.05) is 72.8 Å². The zero-order valence-electron chi connectivity index (χ0n) is 14.8. The number of hydrogen-bond acceptors (Lipinski definition) is 2. The van der Waals surface area contributed by atoms with Crippen molar-refractivity contribution in [3.8, 4) is 0 Å². The number of nitrogens with zero attached hydrogens (tertiary/aromatic N) is 2. The molecule has 1 aliphatic rings. The quantitative estimate of drug-likeness (QED) is 0.781. The van der Waals surface area contributed by atoms with E-state index in [1.165, 1.54) is 0 Å². The minimum Gasteiger partial charge on any atom is -0.339 e. The summed E-state index contributed by atoms with van der Waals surface area (Å²) >= 11 is 0. The van der Waals surface area contributed by atoms with Crippen LogP contribution < -0.4 is 0 Å². The molecular weight excluding hydrogens is 308 g/mol. The fourth-order valence-corrected chi connectivity index (χ4v) is 3.36. The number of hydrogen-bond donors (Lipinski definition) is 0. The molecule has 1 saturated heterocycles. The number of benzene rings is 2. The van der Waals surface area contributed by atoms with Crippen molar-refractivity contribution in [3.63, 3.8) is 0 Å². The van der Waals surface area contributed by atoms with Gasteiger partial charge in [0.15, 0.2) is 0 Å². The Labute approximate surface area is 150 Å². The van der Waals surface area contributed by atoms with E-state index in [0.717, 1.165) is 43.9 Å². The Hall–Kier alpha value is -2.39. The summed E-state index contributed by atoms with van der Waals surface area (Å²) < 4.78 is 0. The Balaban J connectivity index is 1.77. The predicted octanol–water partition coefficient (Wildman–Crippen LogP) is 3.54. The fraction of sp³-hybridized carbons (Fsp3) is 0.318. The fourth-order valence-electron chi connectivity index (χ4n) is 3.36. The molecule has 3 nitrogen and oxygen atoms in total. The van der Waals surface area contributed by atoms with Crippen LogP contribution in [0.3, 0.4) is 0 Å². The van der Waals surface area contributed by atoms with Crippen molar-refractivity contribution in [2.75, 3.05) is 32.7 Å². The van der Waals surface area contributed by atoms with Gasteiger partial charge in [0, 0.05) is 32.7 Å². The zero-order chi connectivity index (χ0) is 17.5. The standard InChI is InChI=1S/C22H26N2O/c1-2-3-14-23-15-17-24(18-16-23)22(25)21(19-10-6-4-7-11-19)20-12-8-5-9-13-20/h2-13,21H,14-18H2,1H3. The summed E-state index contributed by atoms with van der Waals surface area (Å²) in [5.74, 6) is -0.00688. The van der Waals surface area contributed by atoms with Gasteiger partial charge in [-0.25, -0.2) is 0 Å². The van der Waals surface area contributed by atoms with Gasteiger partial charge in [-0.3, -0.25) is 9.69 Å². The topological polar surface area (TPSA) is 23.6 Å². The highest BCUT2D eigenvalue weighted by atomic mass is 16.2. The van der Waals surface area contributed by atoms with Gasteiger partial charge >= 0.3 is 0 Å². The number of allylic oxidation sites excluding steroid dienone is 1. The molecule has 2 aromatic carbocycles. The molecule has 0 aromatic heterocycles. The number of amides is 1. The van der Waals surface area contributed by atoms with Crippen molar-refractivity contribution in [1.82, 2.24) is 9.80 Å². The van der Waals surface area contributed by atoms with E-state index >= 15 is 0 Å². The maximum absolute atomic E-state index is 13.3. The molecule has 3 rings (SSSR count).